The molecular formula is C40H39ClN4O5S. The average molecular weight is 723 g/mol. The Morgan fingerprint density at radius 1 is 0.961 bits per heavy atom. The van der Waals surface area contributed by atoms with E-state index in [2.05, 4.69) is 6.08 Å². The van der Waals surface area contributed by atoms with Gasteiger partial charge in [-0.2, -0.15) is 5.10 Å². The van der Waals surface area contributed by atoms with E-state index in [1.807, 2.05) is 44.2 Å². The van der Waals surface area contributed by atoms with Gasteiger partial charge >= 0.3 is 0 Å². The summed E-state index contributed by atoms with van der Waals surface area (Å²) in [7, 11) is 1.74. The van der Waals surface area contributed by atoms with Crippen LogP contribution >= 0.6 is 22.9 Å². The summed E-state index contributed by atoms with van der Waals surface area (Å²) in [4.78, 5) is 61.8. The molecule has 2 saturated carbocycles. The number of halogens is 1. The van der Waals surface area contributed by atoms with Gasteiger partial charge in [-0.3, -0.25) is 28.8 Å². The van der Waals surface area contributed by atoms with Gasteiger partial charge in [0, 0.05) is 34.8 Å². The highest BCUT2D eigenvalue weighted by Crippen LogP contribution is 2.64. The molecule has 11 heteroatoms. The molecule has 6 atom stereocenters. The molecule has 0 radical (unpaired) electrons. The lowest BCUT2D eigenvalue weighted by Crippen LogP contribution is -2.49. The van der Waals surface area contributed by atoms with Crippen LogP contribution in [-0.2, 0) is 26.2 Å². The minimum absolute atomic E-state index is 0.0598. The predicted molar refractivity (Wildman–Crippen MR) is 195 cm³/mol. The number of carbonyl (C=O) groups excluding carboxylic acids is 4. The van der Waals surface area contributed by atoms with E-state index in [1.54, 1.807) is 46.2 Å². The zero-order valence-corrected chi connectivity index (χ0v) is 30.3. The highest BCUT2D eigenvalue weighted by Gasteiger charge is 2.68. The number of aromatic hydroxyl groups is 1. The van der Waals surface area contributed by atoms with E-state index in [0.717, 1.165) is 58.2 Å². The third-order valence-electron chi connectivity index (χ3n) is 12.7. The second-order valence-electron chi connectivity index (χ2n) is 15.3. The standard InChI is InChI=1S/C40H39ClN4O5S/c1-20-27-17-22(41)12-15-31(27)51-35(20)30-19-32(43(3)42-30)45-37(48)29-18-28-25(34(40(29,2)39(45)50)21-8-7-11-24(46)16-21)13-14-26-33(28)38(49)44(36(26)47)23-9-5-4-6-10-23/h7-8,11-13,15-17,19,23,26,28-29,33-34,46H,4-6,9-10,14,18H2,1-3H3. The third kappa shape index (κ3) is 4.61. The molecule has 4 aromatic rings. The summed E-state index contributed by atoms with van der Waals surface area (Å²) in [5, 5.41) is 17.1. The van der Waals surface area contributed by atoms with Crippen molar-refractivity contribution in [1.29, 1.82) is 0 Å². The van der Waals surface area contributed by atoms with Crippen LogP contribution < -0.4 is 4.90 Å². The number of anilines is 1. The van der Waals surface area contributed by atoms with Crippen molar-refractivity contribution < 1.29 is 24.3 Å². The maximum Gasteiger partial charge on any atom is 0.242 e. The smallest absolute Gasteiger partial charge is 0.242 e. The van der Waals surface area contributed by atoms with Gasteiger partial charge in [0.1, 0.15) is 17.3 Å². The fourth-order valence-electron chi connectivity index (χ4n) is 10.3. The van der Waals surface area contributed by atoms with Crippen LogP contribution in [0.2, 0.25) is 5.02 Å². The zero-order chi connectivity index (χ0) is 35.5. The van der Waals surface area contributed by atoms with Crippen molar-refractivity contribution in [3.8, 4) is 16.3 Å². The van der Waals surface area contributed by atoms with Gasteiger partial charge in [0.05, 0.1) is 28.0 Å². The monoisotopic (exact) mass is 722 g/mol. The number of phenols is 1. The molecule has 5 aliphatic rings. The number of phenolic OH excluding ortho intramolecular Hbond substituents is 1. The minimum Gasteiger partial charge on any atom is -0.508 e. The lowest BCUT2D eigenvalue weighted by Gasteiger charge is -2.49. The Bertz CT molecular complexity index is 2220. The summed E-state index contributed by atoms with van der Waals surface area (Å²) >= 11 is 7.90. The van der Waals surface area contributed by atoms with Crippen molar-refractivity contribution in [2.45, 2.75) is 70.8 Å². The number of allylic oxidation sites excluding steroid dienone is 2. The minimum atomic E-state index is -1.20. The third-order valence-corrected chi connectivity index (χ3v) is 14.2. The topological polar surface area (TPSA) is 113 Å². The average Bonchev–Trinajstić information content (AvgIpc) is 3.78. The Balaban J connectivity index is 1.14. The molecule has 6 unspecified atom stereocenters. The van der Waals surface area contributed by atoms with Crippen LogP contribution in [0.3, 0.4) is 0 Å². The predicted octanol–water partition coefficient (Wildman–Crippen LogP) is 7.53. The van der Waals surface area contributed by atoms with Gasteiger partial charge in [-0.15, -0.1) is 11.3 Å². The molecule has 4 amide bonds. The van der Waals surface area contributed by atoms with Gasteiger partial charge in [-0.25, -0.2) is 4.90 Å². The summed E-state index contributed by atoms with van der Waals surface area (Å²) < 4.78 is 2.66. The Labute approximate surface area is 304 Å². The van der Waals surface area contributed by atoms with Crippen LogP contribution in [0.15, 0.2) is 60.2 Å². The highest BCUT2D eigenvalue weighted by atomic mass is 35.5. The number of likely N-dealkylation sites (tertiary alicyclic amines) is 1. The number of hydrogen-bond donors (Lipinski definition) is 1. The van der Waals surface area contributed by atoms with Gasteiger partial charge in [-0.1, -0.05) is 54.6 Å². The lowest BCUT2D eigenvalue weighted by atomic mass is 9.51. The first kappa shape index (κ1) is 32.6. The number of aryl methyl sites for hydroxylation is 2. The molecule has 2 aromatic heterocycles. The van der Waals surface area contributed by atoms with E-state index >= 15 is 0 Å². The molecule has 2 saturated heterocycles. The van der Waals surface area contributed by atoms with Crippen LogP contribution in [0.1, 0.15) is 68.9 Å². The summed E-state index contributed by atoms with van der Waals surface area (Å²) in [6.45, 7) is 3.89. The molecule has 2 aromatic carbocycles. The molecule has 9 rings (SSSR count). The first-order chi connectivity index (χ1) is 24.5. The quantitative estimate of drug-likeness (QED) is 0.172. The van der Waals surface area contributed by atoms with E-state index in [1.165, 1.54) is 4.90 Å². The van der Waals surface area contributed by atoms with Crippen molar-refractivity contribution in [2.75, 3.05) is 4.90 Å². The summed E-state index contributed by atoms with van der Waals surface area (Å²) in [5.74, 6) is -3.20. The van der Waals surface area contributed by atoms with Gasteiger partial charge < -0.3 is 5.11 Å². The molecule has 4 fully saturated rings. The van der Waals surface area contributed by atoms with Crippen molar-refractivity contribution in [1.82, 2.24) is 14.7 Å². The van der Waals surface area contributed by atoms with Crippen LogP contribution in [0.25, 0.3) is 20.7 Å². The normalized spacial score (nSPS) is 29.5. The van der Waals surface area contributed by atoms with E-state index < -0.39 is 29.1 Å². The SMILES string of the molecule is Cc1c(-c2cc(N3C(=O)C4CC5C(=CCC6C(=O)N(C7CCCCC7)C(=O)C65)C(c5cccc(O)c5)C4(C)C3=O)n(C)n2)sc2ccc(Cl)cc12. The number of aromatic nitrogens is 2. The maximum atomic E-state index is 15.0. The van der Waals surface area contributed by atoms with Gasteiger partial charge in [0.25, 0.3) is 0 Å². The molecule has 3 aliphatic carbocycles. The first-order valence-electron chi connectivity index (χ1n) is 18.0. The van der Waals surface area contributed by atoms with Crippen molar-refractivity contribution in [3.63, 3.8) is 0 Å². The van der Waals surface area contributed by atoms with Crippen molar-refractivity contribution in [3.05, 3.63) is 76.3 Å². The van der Waals surface area contributed by atoms with Crippen LogP contribution in [0, 0.1) is 36.0 Å². The number of hydrogen-bond acceptors (Lipinski definition) is 7. The summed E-state index contributed by atoms with van der Waals surface area (Å²) in [6, 6.07) is 14.4. The molecular weight excluding hydrogens is 684 g/mol. The maximum absolute atomic E-state index is 15.0. The second kappa shape index (κ2) is 11.6. The Morgan fingerprint density at radius 3 is 2.51 bits per heavy atom. The van der Waals surface area contributed by atoms with Crippen molar-refractivity contribution >= 4 is 62.5 Å². The number of carbonyl (C=O) groups is 4. The summed E-state index contributed by atoms with van der Waals surface area (Å²) in [6.07, 6.45) is 7.55. The number of nitrogens with zero attached hydrogens (tertiary/aromatic N) is 4. The Kier molecular flexibility index (Phi) is 7.43. The Morgan fingerprint density at radius 2 is 1.75 bits per heavy atom. The molecule has 0 bridgehead atoms. The zero-order valence-electron chi connectivity index (χ0n) is 28.8. The number of benzene rings is 2. The number of imide groups is 2. The molecule has 2 aliphatic heterocycles. The van der Waals surface area contributed by atoms with Gasteiger partial charge in [0.2, 0.25) is 23.6 Å². The number of rotatable bonds is 4. The van der Waals surface area contributed by atoms with E-state index in [-0.39, 0.29) is 47.8 Å². The van der Waals surface area contributed by atoms with E-state index in [4.69, 9.17) is 16.7 Å². The van der Waals surface area contributed by atoms with E-state index in [9.17, 15) is 24.3 Å². The lowest BCUT2D eigenvalue weighted by molar-refractivity contribution is -0.144. The van der Waals surface area contributed by atoms with Crippen LogP contribution in [0.5, 0.6) is 5.75 Å². The Hall–Kier alpha value is -4.28. The largest absolute Gasteiger partial charge is 0.508 e. The first-order valence-corrected chi connectivity index (χ1v) is 19.2. The number of fused-ring (bicyclic) bond motifs is 5. The molecule has 0 spiro atoms. The molecule has 1 N–H and O–H groups in total. The number of amides is 4. The highest BCUT2D eigenvalue weighted by molar-refractivity contribution is 7.22. The van der Waals surface area contributed by atoms with Gasteiger partial charge in [0.15, 0.2) is 0 Å². The van der Waals surface area contributed by atoms with Crippen LogP contribution in [-0.4, -0.2) is 49.5 Å². The summed E-state index contributed by atoms with van der Waals surface area (Å²) in [5.41, 5.74) is 2.11. The number of thiophene rings is 1. The van der Waals surface area contributed by atoms with Gasteiger partial charge in [-0.05, 0) is 92.3 Å². The van der Waals surface area contributed by atoms with E-state index in [0.29, 0.717) is 28.5 Å². The van der Waals surface area contributed by atoms with Crippen LogP contribution in [0.4, 0.5) is 5.82 Å². The fourth-order valence-corrected chi connectivity index (χ4v) is 11.6. The molecule has 51 heavy (non-hydrogen) atoms. The second-order valence-corrected chi connectivity index (χ2v) is 16.8. The molecule has 9 nitrogen and oxygen atoms in total. The molecule has 262 valence electrons. The molecule has 4 heterocycles. The van der Waals surface area contributed by atoms with Crippen molar-refractivity contribution in [2.24, 2.45) is 36.1 Å². The fraction of sp³-hybridized carbons (Fsp3) is 0.425.